The van der Waals surface area contributed by atoms with Crippen molar-refractivity contribution in [3.8, 4) is 0 Å². The van der Waals surface area contributed by atoms with E-state index >= 15 is 0 Å². The quantitative estimate of drug-likeness (QED) is 0.846. The third-order valence-electron chi connectivity index (χ3n) is 2.58. The van der Waals surface area contributed by atoms with Gasteiger partial charge in [-0.2, -0.15) is 13.2 Å². The molecular formula is C12H14ClF3N2S. The SMILES string of the molecule is CCN(Cc1ccc(C(N)=S)cc1Cl)CC(F)(F)F. The fourth-order valence-electron chi connectivity index (χ4n) is 1.60. The minimum atomic E-state index is -4.22. The number of nitrogens with two attached hydrogens (primary N) is 1. The topological polar surface area (TPSA) is 29.3 Å². The van der Waals surface area contributed by atoms with Crippen LogP contribution in [-0.2, 0) is 6.54 Å². The Kier molecular flexibility index (Phi) is 5.58. The standard InChI is InChI=1S/C12H14ClF3N2S/c1-2-18(7-12(14,15)16)6-9-4-3-8(11(17)19)5-10(9)13/h3-5H,2,6-7H2,1H3,(H2,17,19). The summed E-state index contributed by atoms with van der Waals surface area (Å²) in [6.45, 7) is 1.12. The Hall–Kier alpha value is -0.850. The van der Waals surface area contributed by atoms with E-state index in [9.17, 15) is 13.2 Å². The van der Waals surface area contributed by atoms with Crippen LogP contribution in [0.25, 0.3) is 0 Å². The van der Waals surface area contributed by atoms with Crippen molar-refractivity contribution in [3.05, 3.63) is 34.3 Å². The molecule has 0 spiro atoms. The van der Waals surface area contributed by atoms with Gasteiger partial charge >= 0.3 is 6.18 Å². The lowest BCUT2D eigenvalue weighted by Gasteiger charge is -2.22. The molecule has 0 amide bonds. The summed E-state index contributed by atoms with van der Waals surface area (Å²) in [5.74, 6) is 0. The lowest BCUT2D eigenvalue weighted by molar-refractivity contribution is -0.146. The molecule has 0 aliphatic heterocycles. The smallest absolute Gasteiger partial charge is 0.389 e. The molecule has 0 aromatic heterocycles. The molecule has 2 N–H and O–H groups in total. The highest BCUT2D eigenvalue weighted by Gasteiger charge is 2.30. The molecule has 0 radical (unpaired) electrons. The van der Waals surface area contributed by atoms with Gasteiger partial charge in [0.05, 0.1) is 6.54 Å². The van der Waals surface area contributed by atoms with Crippen LogP contribution in [0, 0.1) is 0 Å². The van der Waals surface area contributed by atoms with E-state index in [0.29, 0.717) is 16.1 Å². The van der Waals surface area contributed by atoms with Crippen LogP contribution >= 0.6 is 23.8 Å². The van der Waals surface area contributed by atoms with Gasteiger partial charge in [-0.15, -0.1) is 0 Å². The maximum Gasteiger partial charge on any atom is 0.401 e. The van der Waals surface area contributed by atoms with E-state index in [1.165, 1.54) is 4.90 Å². The first-order valence-corrected chi connectivity index (χ1v) is 6.39. The monoisotopic (exact) mass is 310 g/mol. The van der Waals surface area contributed by atoms with Crippen LogP contribution in [0.5, 0.6) is 0 Å². The molecule has 0 saturated carbocycles. The van der Waals surface area contributed by atoms with Gasteiger partial charge in [0.25, 0.3) is 0 Å². The van der Waals surface area contributed by atoms with E-state index in [4.69, 9.17) is 29.6 Å². The Labute approximate surface area is 120 Å². The number of rotatable bonds is 5. The lowest BCUT2D eigenvalue weighted by Crippen LogP contribution is -2.33. The summed E-state index contributed by atoms with van der Waals surface area (Å²) in [5, 5.41) is 0.367. The van der Waals surface area contributed by atoms with Gasteiger partial charge < -0.3 is 5.73 Å². The van der Waals surface area contributed by atoms with Gasteiger partial charge in [-0.05, 0) is 18.2 Å². The van der Waals surface area contributed by atoms with Crippen molar-refractivity contribution in [2.75, 3.05) is 13.1 Å². The van der Waals surface area contributed by atoms with Crippen LogP contribution in [0.2, 0.25) is 5.02 Å². The number of nitrogens with zero attached hydrogens (tertiary/aromatic N) is 1. The normalized spacial score (nSPS) is 11.9. The second kappa shape index (κ2) is 6.54. The largest absolute Gasteiger partial charge is 0.401 e. The molecule has 0 heterocycles. The second-order valence-electron chi connectivity index (χ2n) is 4.09. The number of thiocarbonyl (C=S) groups is 1. The van der Waals surface area contributed by atoms with Crippen LogP contribution < -0.4 is 5.73 Å². The predicted octanol–water partition coefficient (Wildman–Crippen LogP) is 3.36. The summed E-state index contributed by atoms with van der Waals surface area (Å²) >= 11 is 10.8. The van der Waals surface area contributed by atoms with Crippen molar-refractivity contribution in [1.29, 1.82) is 0 Å². The predicted molar refractivity (Wildman–Crippen MR) is 74.3 cm³/mol. The van der Waals surface area contributed by atoms with Crippen molar-refractivity contribution in [3.63, 3.8) is 0 Å². The minimum absolute atomic E-state index is 0.131. The Morgan fingerprint density at radius 3 is 2.47 bits per heavy atom. The lowest BCUT2D eigenvalue weighted by atomic mass is 10.1. The van der Waals surface area contributed by atoms with Gasteiger partial charge in [0, 0.05) is 17.1 Å². The average molecular weight is 311 g/mol. The molecule has 19 heavy (non-hydrogen) atoms. The number of hydrogen-bond acceptors (Lipinski definition) is 2. The maximum absolute atomic E-state index is 12.4. The molecule has 7 heteroatoms. The van der Waals surface area contributed by atoms with Gasteiger partial charge in [-0.25, -0.2) is 0 Å². The Morgan fingerprint density at radius 2 is 2.05 bits per heavy atom. The summed E-state index contributed by atoms with van der Waals surface area (Å²) in [6.07, 6.45) is -4.22. The van der Waals surface area contributed by atoms with Crippen molar-refractivity contribution in [2.24, 2.45) is 5.73 Å². The molecule has 0 fully saturated rings. The highest BCUT2D eigenvalue weighted by Crippen LogP contribution is 2.22. The maximum atomic E-state index is 12.4. The van der Waals surface area contributed by atoms with E-state index in [-0.39, 0.29) is 18.1 Å². The molecular weight excluding hydrogens is 297 g/mol. The summed E-state index contributed by atoms with van der Waals surface area (Å²) in [6, 6.07) is 4.88. The first kappa shape index (κ1) is 16.2. The molecule has 0 saturated heterocycles. The zero-order valence-corrected chi connectivity index (χ0v) is 11.9. The van der Waals surface area contributed by atoms with E-state index in [1.54, 1.807) is 25.1 Å². The molecule has 2 nitrogen and oxygen atoms in total. The zero-order chi connectivity index (χ0) is 14.6. The minimum Gasteiger partial charge on any atom is -0.389 e. The molecule has 0 bridgehead atoms. The van der Waals surface area contributed by atoms with Crippen molar-refractivity contribution in [2.45, 2.75) is 19.6 Å². The van der Waals surface area contributed by atoms with Crippen LogP contribution in [0.15, 0.2) is 18.2 Å². The Morgan fingerprint density at radius 1 is 1.42 bits per heavy atom. The van der Waals surface area contributed by atoms with Gasteiger partial charge in [-0.1, -0.05) is 42.9 Å². The molecule has 0 unspecified atom stereocenters. The van der Waals surface area contributed by atoms with Crippen LogP contribution in [0.1, 0.15) is 18.1 Å². The molecule has 106 valence electrons. The van der Waals surface area contributed by atoms with Gasteiger partial charge in [0.2, 0.25) is 0 Å². The fraction of sp³-hybridized carbons (Fsp3) is 0.417. The van der Waals surface area contributed by atoms with E-state index in [2.05, 4.69) is 0 Å². The van der Waals surface area contributed by atoms with E-state index in [1.807, 2.05) is 0 Å². The Balaban J connectivity index is 2.83. The zero-order valence-electron chi connectivity index (χ0n) is 10.3. The summed E-state index contributed by atoms with van der Waals surface area (Å²) in [7, 11) is 0. The second-order valence-corrected chi connectivity index (χ2v) is 4.94. The highest BCUT2D eigenvalue weighted by molar-refractivity contribution is 7.80. The molecule has 1 rings (SSSR count). The molecule has 0 aliphatic carbocycles. The molecule has 1 aromatic rings. The summed E-state index contributed by atoms with van der Waals surface area (Å²) < 4.78 is 37.1. The number of halogens is 4. The molecule has 0 atom stereocenters. The number of alkyl halides is 3. The molecule has 0 aliphatic rings. The van der Waals surface area contributed by atoms with Gasteiger partial charge in [0.1, 0.15) is 4.99 Å². The van der Waals surface area contributed by atoms with E-state index in [0.717, 1.165) is 0 Å². The van der Waals surface area contributed by atoms with Crippen LogP contribution in [0.4, 0.5) is 13.2 Å². The third-order valence-corrected chi connectivity index (χ3v) is 3.17. The van der Waals surface area contributed by atoms with Gasteiger partial charge in [0.15, 0.2) is 0 Å². The van der Waals surface area contributed by atoms with Crippen LogP contribution in [0.3, 0.4) is 0 Å². The average Bonchev–Trinajstić information content (AvgIpc) is 2.28. The van der Waals surface area contributed by atoms with Crippen LogP contribution in [-0.4, -0.2) is 29.2 Å². The Bertz CT molecular complexity index is 463. The van der Waals surface area contributed by atoms with E-state index < -0.39 is 12.7 Å². The molecule has 1 aromatic carbocycles. The number of hydrogen-bond donors (Lipinski definition) is 1. The third kappa shape index (κ3) is 5.34. The van der Waals surface area contributed by atoms with Crippen molar-refractivity contribution < 1.29 is 13.2 Å². The summed E-state index contributed by atoms with van der Waals surface area (Å²) in [4.78, 5) is 1.47. The van der Waals surface area contributed by atoms with Gasteiger partial charge in [-0.3, -0.25) is 4.90 Å². The summed E-state index contributed by atoms with van der Waals surface area (Å²) in [5.41, 5.74) is 6.67. The number of benzene rings is 1. The fourth-order valence-corrected chi connectivity index (χ4v) is 1.97. The first-order valence-electron chi connectivity index (χ1n) is 5.60. The first-order chi connectivity index (χ1) is 8.73. The van der Waals surface area contributed by atoms with Crippen molar-refractivity contribution >= 4 is 28.8 Å². The highest BCUT2D eigenvalue weighted by atomic mass is 35.5. The van der Waals surface area contributed by atoms with Crippen molar-refractivity contribution in [1.82, 2.24) is 4.90 Å².